The normalized spacial score (nSPS) is 12.7. The maximum Gasteiger partial charge on any atom is 0.271 e. The molecule has 1 aliphatic rings. The number of amides is 3. The van der Waals surface area contributed by atoms with Crippen molar-refractivity contribution < 1.29 is 24.2 Å². The summed E-state index contributed by atoms with van der Waals surface area (Å²) in [5.74, 6) is -2.47. The van der Waals surface area contributed by atoms with Crippen molar-refractivity contribution in [3.8, 4) is 0 Å². The monoisotopic (exact) mass is 404 g/mol. The van der Waals surface area contributed by atoms with Crippen molar-refractivity contribution in [1.29, 1.82) is 0 Å². The molecular weight excluding hydrogens is 396 g/mol. The topological polar surface area (TPSA) is 153 Å². The Morgan fingerprint density at radius 2 is 1.54 bits per heavy atom. The molecule has 3 amide bonds. The molecule has 2 aromatic rings. The molecule has 1 aliphatic heterocycles. The van der Waals surface area contributed by atoms with Crippen LogP contribution in [0.1, 0.15) is 20.7 Å². The summed E-state index contributed by atoms with van der Waals surface area (Å²) >= 11 is 5.89. The van der Waals surface area contributed by atoms with E-state index in [9.17, 15) is 34.6 Å². The van der Waals surface area contributed by atoms with Crippen molar-refractivity contribution in [2.75, 3.05) is 11.9 Å². The van der Waals surface area contributed by atoms with Gasteiger partial charge >= 0.3 is 0 Å². The Morgan fingerprint density at radius 3 is 2.18 bits per heavy atom. The summed E-state index contributed by atoms with van der Waals surface area (Å²) in [6, 6.07) is 6.59. The molecule has 142 valence electrons. The van der Waals surface area contributed by atoms with Gasteiger partial charge in [-0.05, 0) is 12.1 Å². The first-order valence-electron chi connectivity index (χ1n) is 7.57. The van der Waals surface area contributed by atoms with Crippen LogP contribution in [0, 0.1) is 20.2 Å². The number of imide groups is 1. The fraction of sp³-hybridized carbons (Fsp3) is 0.0625. The number of nitro benzene ring substituents is 2. The van der Waals surface area contributed by atoms with E-state index in [0.717, 1.165) is 30.3 Å². The number of carbonyl (C=O) groups excluding carboxylic acids is 3. The molecule has 0 aromatic heterocycles. The Bertz CT molecular complexity index is 1070. The van der Waals surface area contributed by atoms with Crippen molar-refractivity contribution in [3.63, 3.8) is 0 Å². The van der Waals surface area contributed by atoms with Crippen LogP contribution in [-0.4, -0.2) is 39.0 Å². The van der Waals surface area contributed by atoms with Gasteiger partial charge in [-0.2, -0.15) is 0 Å². The van der Waals surface area contributed by atoms with Crippen molar-refractivity contribution in [1.82, 2.24) is 4.90 Å². The van der Waals surface area contributed by atoms with Crippen LogP contribution in [0.15, 0.2) is 36.4 Å². The summed E-state index contributed by atoms with van der Waals surface area (Å²) in [6.45, 7) is -0.695. The molecular formula is C16H9ClN4O7. The minimum atomic E-state index is -0.857. The first kappa shape index (κ1) is 18.9. The Hall–Kier alpha value is -3.86. The highest BCUT2D eigenvalue weighted by Crippen LogP contribution is 2.28. The predicted molar refractivity (Wildman–Crippen MR) is 95.2 cm³/mol. The van der Waals surface area contributed by atoms with Gasteiger partial charge in [-0.1, -0.05) is 11.6 Å². The van der Waals surface area contributed by atoms with Gasteiger partial charge in [0, 0.05) is 24.3 Å². The number of nitro groups is 2. The molecule has 11 nitrogen and oxygen atoms in total. The molecule has 12 heteroatoms. The Labute approximate surface area is 160 Å². The fourth-order valence-electron chi connectivity index (χ4n) is 2.59. The highest BCUT2D eigenvalue weighted by atomic mass is 35.5. The molecule has 0 atom stereocenters. The van der Waals surface area contributed by atoms with Crippen LogP contribution in [0.2, 0.25) is 5.02 Å². The highest BCUT2D eigenvalue weighted by molar-refractivity contribution is 6.34. The van der Waals surface area contributed by atoms with Crippen molar-refractivity contribution in [2.45, 2.75) is 0 Å². The lowest BCUT2D eigenvalue weighted by Crippen LogP contribution is -2.37. The lowest BCUT2D eigenvalue weighted by atomic mass is 10.1. The van der Waals surface area contributed by atoms with Gasteiger partial charge in [0.1, 0.15) is 6.54 Å². The van der Waals surface area contributed by atoms with Crippen LogP contribution in [0.25, 0.3) is 0 Å². The van der Waals surface area contributed by atoms with Crippen LogP contribution in [0.4, 0.5) is 17.1 Å². The third-order valence-electron chi connectivity index (χ3n) is 3.90. The number of hydrogen-bond acceptors (Lipinski definition) is 7. The Balaban J connectivity index is 1.79. The van der Waals surface area contributed by atoms with Crippen LogP contribution < -0.4 is 5.32 Å². The number of benzene rings is 2. The van der Waals surface area contributed by atoms with Crippen LogP contribution in [0.5, 0.6) is 0 Å². The first-order valence-corrected chi connectivity index (χ1v) is 7.95. The number of halogens is 1. The van der Waals surface area contributed by atoms with Crippen molar-refractivity contribution >= 4 is 46.4 Å². The van der Waals surface area contributed by atoms with Gasteiger partial charge in [-0.25, -0.2) is 0 Å². The summed E-state index contributed by atoms with van der Waals surface area (Å²) in [5, 5.41) is 24.0. The second-order valence-electron chi connectivity index (χ2n) is 5.65. The molecule has 3 rings (SSSR count). The largest absolute Gasteiger partial charge is 0.323 e. The second-order valence-corrected chi connectivity index (χ2v) is 6.06. The number of anilines is 1. The van der Waals surface area contributed by atoms with Crippen LogP contribution >= 0.6 is 11.6 Å². The highest BCUT2D eigenvalue weighted by Gasteiger charge is 2.37. The molecule has 28 heavy (non-hydrogen) atoms. The number of rotatable bonds is 5. The molecule has 1 heterocycles. The number of non-ortho nitro benzene ring substituents is 2. The first-order chi connectivity index (χ1) is 13.2. The molecule has 0 aliphatic carbocycles. The number of carbonyl (C=O) groups is 3. The Morgan fingerprint density at radius 1 is 0.964 bits per heavy atom. The predicted octanol–water partition coefficient (Wildman–Crippen LogP) is 2.39. The van der Waals surface area contributed by atoms with Gasteiger partial charge < -0.3 is 5.32 Å². The van der Waals surface area contributed by atoms with E-state index in [1.807, 2.05) is 0 Å². The van der Waals surface area contributed by atoms with Crippen molar-refractivity contribution in [3.05, 3.63) is 72.8 Å². The summed E-state index contributed by atoms with van der Waals surface area (Å²) in [4.78, 5) is 57.8. The van der Waals surface area contributed by atoms with E-state index in [4.69, 9.17) is 11.6 Å². The zero-order chi connectivity index (χ0) is 20.6. The van der Waals surface area contributed by atoms with Gasteiger partial charge in [-0.15, -0.1) is 0 Å². The molecule has 0 bridgehead atoms. The standard InChI is InChI=1S/C16H9ClN4O7/c17-12-4-2-9(21(27)28)6-13(12)18-14(22)7-19-15(23)10-3-1-8(20(25)26)5-11(10)16(19)24/h1-6H,7H2,(H,18,22). The summed E-state index contributed by atoms with van der Waals surface area (Å²) in [7, 11) is 0. The molecule has 1 N–H and O–H groups in total. The maximum atomic E-state index is 12.4. The van der Waals surface area contributed by atoms with E-state index < -0.39 is 34.1 Å². The minimum Gasteiger partial charge on any atom is -0.323 e. The maximum absolute atomic E-state index is 12.4. The minimum absolute atomic E-state index is 0.0249. The average Bonchev–Trinajstić information content (AvgIpc) is 2.87. The van der Waals surface area contributed by atoms with Crippen LogP contribution in [0.3, 0.4) is 0 Å². The van der Waals surface area contributed by atoms with E-state index in [1.54, 1.807) is 0 Å². The quantitative estimate of drug-likeness (QED) is 0.456. The summed E-state index contributed by atoms with van der Waals surface area (Å²) in [5.41, 5.74) is -0.979. The average molecular weight is 405 g/mol. The van der Waals surface area contributed by atoms with Crippen molar-refractivity contribution in [2.24, 2.45) is 0 Å². The van der Waals surface area contributed by atoms with Gasteiger partial charge in [0.25, 0.3) is 23.2 Å². The van der Waals surface area contributed by atoms with Gasteiger partial charge in [-0.3, -0.25) is 39.5 Å². The summed E-state index contributed by atoms with van der Waals surface area (Å²) < 4.78 is 0. The third-order valence-corrected chi connectivity index (χ3v) is 4.23. The SMILES string of the molecule is O=C(CN1C(=O)c2ccc([N+](=O)[O-])cc2C1=O)Nc1cc([N+](=O)[O-])ccc1Cl. The third kappa shape index (κ3) is 3.38. The molecule has 0 radical (unpaired) electrons. The van der Waals surface area contributed by atoms with Gasteiger partial charge in [0.05, 0.1) is 31.7 Å². The zero-order valence-corrected chi connectivity index (χ0v) is 14.5. The van der Waals surface area contributed by atoms with E-state index in [1.165, 1.54) is 6.07 Å². The van der Waals surface area contributed by atoms with E-state index >= 15 is 0 Å². The summed E-state index contributed by atoms with van der Waals surface area (Å²) in [6.07, 6.45) is 0. The van der Waals surface area contributed by atoms with Gasteiger partial charge in [0.2, 0.25) is 5.91 Å². The molecule has 0 saturated heterocycles. The van der Waals surface area contributed by atoms with Gasteiger partial charge in [0.15, 0.2) is 0 Å². The van der Waals surface area contributed by atoms with Crippen LogP contribution in [-0.2, 0) is 4.79 Å². The number of nitrogens with one attached hydrogen (secondary N) is 1. The Kier molecular flexibility index (Phi) is 4.76. The number of fused-ring (bicyclic) bond motifs is 1. The molecule has 2 aromatic carbocycles. The number of nitrogens with zero attached hydrogens (tertiary/aromatic N) is 3. The molecule has 0 saturated carbocycles. The van der Waals surface area contributed by atoms with E-state index in [2.05, 4.69) is 5.32 Å². The second kappa shape index (κ2) is 7.04. The molecule has 0 spiro atoms. The smallest absolute Gasteiger partial charge is 0.271 e. The lowest BCUT2D eigenvalue weighted by Gasteiger charge is -2.14. The molecule has 0 fully saturated rings. The van der Waals surface area contributed by atoms with E-state index in [-0.39, 0.29) is 33.2 Å². The fourth-order valence-corrected chi connectivity index (χ4v) is 2.76. The van der Waals surface area contributed by atoms with E-state index in [0.29, 0.717) is 4.90 Å². The lowest BCUT2D eigenvalue weighted by molar-refractivity contribution is -0.385. The number of hydrogen-bond donors (Lipinski definition) is 1. The zero-order valence-electron chi connectivity index (χ0n) is 13.7. The molecule has 0 unspecified atom stereocenters.